The number of aromatic amines is 8. The second kappa shape index (κ2) is 41.4. The zero-order valence-corrected chi connectivity index (χ0v) is 77.2. The van der Waals surface area contributed by atoms with Crippen molar-refractivity contribution in [2.75, 3.05) is 16.3 Å². The molecule has 668 valence electrons. The van der Waals surface area contributed by atoms with Gasteiger partial charge in [-0.3, -0.25) is 33.6 Å². The van der Waals surface area contributed by atoms with Crippen molar-refractivity contribution in [1.29, 1.82) is 0 Å². The number of phenols is 1. The number of phenolic OH excluding ortho intramolecular Hbond substituents is 1. The molecule has 1 atom stereocenters. The van der Waals surface area contributed by atoms with E-state index in [1.54, 1.807) is 47.0 Å². The van der Waals surface area contributed by atoms with E-state index in [-0.39, 0.29) is 28.5 Å². The molecule has 0 bridgehead atoms. The molecule has 1 unspecified atom stereocenters. The fraction of sp³-hybridized carbons (Fsp3) is 0.400. The molecule has 25 heteroatoms. The van der Waals surface area contributed by atoms with Crippen LogP contribution in [0.25, 0.3) is 65.7 Å². The molecule has 0 radical (unpaired) electrons. The molecule has 1 aliphatic heterocycles. The van der Waals surface area contributed by atoms with Crippen LogP contribution < -0.4 is 26.7 Å². The van der Waals surface area contributed by atoms with Crippen LogP contribution in [0.4, 0.5) is 28.9 Å². The van der Waals surface area contributed by atoms with Crippen LogP contribution >= 0.6 is 0 Å². The molecule has 18 rings (SSSR count). The molecule has 3 aliphatic rings. The van der Waals surface area contributed by atoms with Crippen LogP contribution in [0.5, 0.6) is 5.75 Å². The number of para-hydroxylation sites is 1. The van der Waals surface area contributed by atoms with Gasteiger partial charge < -0.3 is 49.9 Å². The number of anilines is 2. The predicted octanol–water partition coefficient (Wildman–Crippen LogP) is 25.0. The van der Waals surface area contributed by atoms with Gasteiger partial charge in [-0.1, -0.05) is 133 Å². The number of H-pyrrole nitrogens is 8. The Balaban J connectivity index is 0.000000147. The molecule has 20 nitrogen and oxygen atoms in total. The number of hydrogen-bond donors (Lipinski definition) is 11. The fourth-order valence-electron chi connectivity index (χ4n) is 16.6. The molecule has 11 N–H and O–H groups in total. The van der Waals surface area contributed by atoms with E-state index >= 15 is 0 Å². The van der Waals surface area contributed by atoms with Crippen LogP contribution in [0, 0.1) is 18.7 Å². The van der Waals surface area contributed by atoms with Crippen LogP contribution in [0.1, 0.15) is 277 Å². The minimum atomic E-state index is -4.32. The third kappa shape index (κ3) is 23.6. The highest BCUT2D eigenvalue weighted by Gasteiger charge is 2.40. The van der Waals surface area contributed by atoms with Gasteiger partial charge in [-0.2, -0.15) is 18.3 Å². The Kier molecular flexibility index (Phi) is 31.6. The Morgan fingerprint density at radius 1 is 0.520 bits per heavy atom. The third-order valence-electron chi connectivity index (χ3n) is 22.9. The molecular formula is C100H128F4N14O6S. The molecule has 10 aromatic heterocycles. The third-order valence-corrected chi connectivity index (χ3v) is 23.5. The topological polar surface area (TPSA) is 284 Å². The molecule has 0 saturated carbocycles. The van der Waals surface area contributed by atoms with Gasteiger partial charge in [0.05, 0.1) is 28.3 Å². The summed E-state index contributed by atoms with van der Waals surface area (Å²) in [5.41, 5.74) is 24.3. The van der Waals surface area contributed by atoms with Crippen molar-refractivity contribution in [2.45, 2.75) is 243 Å². The summed E-state index contributed by atoms with van der Waals surface area (Å²) in [6, 6.07) is 37.8. The van der Waals surface area contributed by atoms with Gasteiger partial charge in [-0.05, 0) is 251 Å². The van der Waals surface area contributed by atoms with Gasteiger partial charge in [0.25, 0.3) is 11.1 Å². The molecule has 5 aromatic carbocycles. The standard InChI is InChI=1S/C12H16N2O2S.2C12H15N.C11H15F3N2.C11H12FN.C11H14N2O.C11H13NO.C10H12N2O.C10H16N2O/c1-8(2)11-7-13-12-5-4-9(6-10(11)12)14-17(3,15)16;1-8(2)11-7-13-12-5-4-9(3)6-10(11)12;1-8(2)12-9(3)13-11-7-5-4-6-10(11)12;1-7(2)16-9-6-4-3-5-8(9)10(15-16)11(12,13)14;1-7(2)10-6-13-11-4-3-8(12)5-9(10)11;1-7(2)8-6-12-9-4-5-10(14)13(3)11(8)9;1-7(2)10-6-12-11-4-3-8(13)5-9(10)11;1-6(2)7-5-11-8-3-4-9(13)12-10(7)8;1-7(2)12-9-6-4-3-5-8(9)10(13)11-12/h4-8,13-14H,1-3H3;4-8,13H,1-3H3;4-8,12-13H,3H2,1-2H3;7H,3-6H2,1-2H3;3-7,13H,1-2H3;4-7,12H,1-3H3;3-7,12-13H,1-2H3;3-6,11H,1-2H3,(H,12,13);7H,3-6H2,1-2H3,(H,11,13). The second-order valence-corrected chi connectivity index (χ2v) is 37.4. The molecule has 125 heavy (non-hydrogen) atoms. The van der Waals surface area contributed by atoms with Crippen LogP contribution in [0.3, 0.4) is 0 Å². The average Bonchev–Trinajstić information content (AvgIpc) is 1.64. The highest BCUT2D eigenvalue weighted by atomic mass is 32.2. The van der Waals surface area contributed by atoms with Gasteiger partial charge in [0.15, 0.2) is 5.69 Å². The zero-order chi connectivity index (χ0) is 91.4. The SMILES string of the molecule is C=C1Nc2ccccc2C1C(C)C.CC(C)c1c[nH]c2ccc(=O)[nH]c12.CC(C)c1c[nH]c2ccc(=O)n(C)c12.CC(C)c1c[nH]c2ccc(F)cc12.CC(C)c1c[nH]c2ccc(NS(C)(=O)=O)cc12.CC(C)c1c[nH]c2ccc(O)cc12.CC(C)n1[nH]c(=O)c2c1CCCC2.CC(C)n1nc(C(F)(F)F)c2c1CCCC2.Cc1ccc2[nH]cc(C(C)C)c2c1. The van der Waals surface area contributed by atoms with Gasteiger partial charge in [-0.15, -0.1) is 0 Å². The fourth-order valence-corrected chi connectivity index (χ4v) is 17.1. The molecule has 0 saturated heterocycles. The molecule has 0 amide bonds. The van der Waals surface area contributed by atoms with E-state index in [9.17, 15) is 45.5 Å². The Hall–Kier alpha value is -11.7. The largest absolute Gasteiger partial charge is 0.508 e. The molecular weight excluding hydrogens is 1600 g/mol. The predicted molar refractivity (Wildman–Crippen MR) is 508 cm³/mol. The van der Waals surface area contributed by atoms with Crippen LogP contribution in [-0.4, -0.2) is 78.8 Å². The summed E-state index contributed by atoms with van der Waals surface area (Å²) in [4.78, 5) is 56.0. The van der Waals surface area contributed by atoms with Gasteiger partial charge in [0.2, 0.25) is 15.6 Å². The lowest BCUT2D eigenvalue weighted by Gasteiger charge is -2.16. The number of nitrogens with one attached hydrogen (secondary N) is 10. The molecule has 15 aromatic rings. The van der Waals surface area contributed by atoms with Crippen LogP contribution in [-0.2, 0) is 48.9 Å². The number of rotatable bonds is 11. The van der Waals surface area contributed by atoms with E-state index in [0.717, 1.165) is 122 Å². The van der Waals surface area contributed by atoms with Crippen molar-refractivity contribution in [3.8, 4) is 5.75 Å². The van der Waals surface area contributed by atoms with E-state index in [1.807, 2.05) is 80.8 Å². The number of fused-ring (bicyclic) bond motifs is 9. The van der Waals surface area contributed by atoms with E-state index in [4.69, 9.17) is 0 Å². The summed E-state index contributed by atoms with van der Waals surface area (Å²) in [5, 5.41) is 23.9. The second-order valence-electron chi connectivity index (χ2n) is 35.6. The number of benzene rings is 5. The number of aromatic hydroxyl groups is 1. The van der Waals surface area contributed by atoms with E-state index < -0.39 is 21.9 Å². The van der Waals surface area contributed by atoms with Crippen molar-refractivity contribution < 1.29 is 31.1 Å². The first kappa shape index (κ1) is 95.5. The minimum Gasteiger partial charge on any atom is -0.508 e. The number of allylic oxidation sites excluding steroid dienone is 1. The van der Waals surface area contributed by atoms with Crippen molar-refractivity contribution >= 4 is 87.1 Å². The van der Waals surface area contributed by atoms with E-state index in [0.29, 0.717) is 76.8 Å². The Morgan fingerprint density at radius 2 is 0.984 bits per heavy atom. The quantitative estimate of drug-likeness (QED) is 0.0553. The lowest BCUT2D eigenvalue weighted by atomic mass is 9.88. The number of alkyl halides is 3. The number of halogens is 4. The number of aromatic nitrogens is 12. The summed E-state index contributed by atoms with van der Waals surface area (Å²) < 4.78 is 81.4. The number of pyridine rings is 2. The molecule has 0 spiro atoms. The van der Waals surface area contributed by atoms with E-state index in [2.05, 4.69) is 228 Å². The highest BCUT2D eigenvalue weighted by Crippen LogP contribution is 2.42. The van der Waals surface area contributed by atoms with E-state index in [1.165, 1.54) is 84.5 Å². The van der Waals surface area contributed by atoms with Crippen molar-refractivity contribution in [3.05, 3.63) is 280 Å². The lowest BCUT2D eigenvalue weighted by Crippen LogP contribution is -2.15. The summed E-state index contributed by atoms with van der Waals surface area (Å²) in [5.74, 6) is 4.00. The van der Waals surface area contributed by atoms with Gasteiger partial charge in [0.1, 0.15) is 11.6 Å². The smallest absolute Gasteiger partial charge is 0.435 e. The summed E-state index contributed by atoms with van der Waals surface area (Å²) >= 11 is 0. The average molecular weight is 1730 g/mol. The summed E-state index contributed by atoms with van der Waals surface area (Å²) in [7, 11) is -1.41. The number of hydrogen-bond acceptors (Lipinski definition) is 8. The monoisotopic (exact) mass is 1730 g/mol. The Bertz CT molecular complexity index is 6280. The zero-order valence-electron chi connectivity index (χ0n) is 76.3. The Morgan fingerprint density at radius 3 is 1.53 bits per heavy atom. The molecule has 11 heterocycles. The minimum absolute atomic E-state index is 0.0112. The maximum Gasteiger partial charge on any atom is 0.435 e. The normalized spacial score (nSPS) is 13.6. The maximum atomic E-state index is 12.9. The lowest BCUT2D eigenvalue weighted by molar-refractivity contribution is -0.142. The van der Waals surface area contributed by atoms with Crippen molar-refractivity contribution in [3.63, 3.8) is 0 Å². The summed E-state index contributed by atoms with van der Waals surface area (Å²) in [6.07, 6.45) is 16.2. The van der Waals surface area contributed by atoms with Crippen molar-refractivity contribution in [2.24, 2.45) is 13.0 Å². The first-order valence-corrected chi connectivity index (χ1v) is 45.6. The first-order chi connectivity index (χ1) is 59.0. The van der Waals surface area contributed by atoms with Gasteiger partial charge in [0, 0.05) is 158 Å². The first-order valence-electron chi connectivity index (χ1n) is 43.7. The Labute approximate surface area is 731 Å². The summed E-state index contributed by atoms with van der Waals surface area (Å²) in [6.45, 7) is 44.2. The van der Waals surface area contributed by atoms with Crippen LogP contribution in [0.15, 0.2) is 185 Å². The molecule has 0 fully saturated rings. The number of nitrogens with zero attached hydrogens (tertiary/aromatic N) is 4. The van der Waals surface area contributed by atoms with Crippen molar-refractivity contribution in [1.82, 2.24) is 59.0 Å². The maximum absolute atomic E-state index is 12.9. The van der Waals surface area contributed by atoms with Crippen LogP contribution in [0.2, 0.25) is 0 Å². The highest BCUT2D eigenvalue weighted by molar-refractivity contribution is 7.92. The number of aryl methyl sites for hydroxylation is 2. The molecule has 2 aliphatic carbocycles. The van der Waals surface area contributed by atoms with Gasteiger partial charge in [-0.25, -0.2) is 12.8 Å². The number of sulfonamides is 1. The van der Waals surface area contributed by atoms with Gasteiger partial charge >= 0.3 is 6.18 Å².